The van der Waals surface area contributed by atoms with E-state index in [0.29, 0.717) is 17.2 Å². The quantitative estimate of drug-likeness (QED) is 0.864. The molecule has 0 aromatic heterocycles. The molecule has 20 heavy (non-hydrogen) atoms. The van der Waals surface area contributed by atoms with Crippen LogP contribution in [0.5, 0.6) is 0 Å². The van der Waals surface area contributed by atoms with Crippen LogP contribution in [0.15, 0.2) is 29.2 Å². The lowest BCUT2D eigenvalue weighted by atomic mass is 10.1. The first kappa shape index (κ1) is 15.5. The SMILES string of the molecule is Cc1ccc(S(=O)(=O)CCCN2CCC(CO)C2)cc1. The van der Waals surface area contributed by atoms with Gasteiger partial charge in [-0.25, -0.2) is 8.42 Å². The molecule has 1 atom stereocenters. The second-order valence-electron chi connectivity index (χ2n) is 5.62. The van der Waals surface area contributed by atoms with Gasteiger partial charge in [-0.15, -0.1) is 0 Å². The zero-order valence-corrected chi connectivity index (χ0v) is 12.8. The van der Waals surface area contributed by atoms with Crippen molar-refractivity contribution in [2.24, 2.45) is 5.92 Å². The van der Waals surface area contributed by atoms with Crippen LogP contribution in [0.1, 0.15) is 18.4 Å². The maximum atomic E-state index is 12.2. The second-order valence-corrected chi connectivity index (χ2v) is 7.73. The van der Waals surface area contributed by atoms with Crippen molar-refractivity contribution in [1.29, 1.82) is 0 Å². The fourth-order valence-electron chi connectivity index (χ4n) is 2.61. The van der Waals surface area contributed by atoms with Gasteiger partial charge in [0.1, 0.15) is 0 Å². The van der Waals surface area contributed by atoms with Crippen molar-refractivity contribution in [3.8, 4) is 0 Å². The number of aliphatic hydroxyl groups is 1. The average Bonchev–Trinajstić information content (AvgIpc) is 2.87. The second kappa shape index (κ2) is 6.70. The highest BCUT2D eigenvalue weighted by Crippen LogP contribution is 2.17. The maximum Gasteiger partial charge on any atom is 0.178 e. The van der Waals surface area contributed by atoms with E-state index in [0.717, 1.165) is 31.6 Å². The number of sulfone groups is 1. The number of hydrogen-bond donors (Lipinski definition) is 1. The monoisotopic (exact) mass is 297 g/mol. The summed E-state index contributed by atoms with van der Waals surface area (Å²) in [6, 6.07) is 7.03. The van der Waals surface area contributed by atoms with E-state index in [1.54, 1.807) is 12.1 Å². The molecular weight excluding hydrogens is 274 g/mol. The molecule has 1 fully saturated rings. The molecule has 1 aliphatic rings. The molecule has 1 N–H and O–H groups in total. The minimum atomic E-state index is -3.16. The summed E-state index contributed by atoms with van der Waals surface area (Å²) in [7, 11) is -3.16. The van der Waals surface area contributed by atoms with Gasteiger partial charge >= 0.3 is 0 Å². The highest BCUT2D eigenvalue weighted by atomic mass is 32.2. The summed E-state index contributed by atoms with van der Waals surface area (Å²) >= 11 is 0. The Morgan fingerprint density at radius 2 is 2.00 bits per heavy atom. The Morgan fingerprint density at radius 3 is 2.60 bits per heavy atom. The Kier molecular flexibility index (Phi) is 5.18. The molecule has 1 aliphatic heterocycles. The fourth-order valence-corrected chi connectivity index (χ4v) is 3.90. The normalized spacial score (nSPS) is 20.4. The maximum absolute atomic E-state index is 12.2. The lowest BCUT2D eigenvalue weighted by Crippen LogP contribution is -2.24. The minimum absolute atomic E-state index is 0.191. The third-order valence-corrected chi connectivity index (χ3v) is 5.71. The summed E-state index contributed by atoms with van der Waals surface area (Å²) in [5.74, 6) is 0.555. The van der Waals surface area contributed by atoms with Crippen LogP contribution in [-0.2, 0) is 9.84 Å². The van der Waals surface area contributed by atoms with Gasteiger partial charge in [-0.2, -0.15) is 0 Å². The van der Waals surface area contributed by atoms with E-state index < -0.39 is 9.84 Å². The molecule has 1 aromatic rings. The predicted octanol–water partition coefficient (Wildman–Crippen LogP) is 1.47. The van der Waals surface area contributed by atoms with Gasteiger partial charge in [-0.05, 0) is 50.9 Å². The van der Waals surface area contributed by atoms with Crippen molar-refractivity contribution >= 4 is 9.84 Å². The number of nitrogens with zero attached hydrogens (tertiary/aromatic N) is 1. The summed E-state index contributed by atoms with van der Waals surface area (Å²) in [6.07, 6.45) is 1.66. The fraction of sp³-hybridized carbons (Fsp3) is 0.600. The molecule has 112 valence electrons. The Hall–Kier alpha value is -0.910. The number of aryl methyl sites for hydroxylation is 1. The smallest absolute Gasteiger partial charge is 0.178 e. The number of benzene rings is 1. The van der Waals surface area contributed by atoms with Crippen molar-refractivity contribution < 1.29 is 13.5 Å². The van der Waals surface area contributed by atoms with E-state index in [9.17, 15) is 8.42 Å². The standard InChI is InChI=1S/C15H23NO3S/c1-13-3-5-15(6-4-13)20(18,19)10-2-8-16-9-7-14(11-16)12-17/h3-6,14,17H,2,7-12H2,1H3. The molecule has 0 saturated carbocycles. The molecule has 1 heterocycles. The van der Waals surface area contributed by atoms with Crippen LogP contribution < -0.4 is 0 Å². The van der Waals surface area contributed by atoms with Crippen molar-refractivity contribution in [1.82, 2.24) is 4.90 Å². The molecule has 0 bridgehead atoms. The van der Waals surface area contributed by atoms with E-state index in [2.05, 4.69) is 4.90 Å². The first-order valence-corrected chi connectivity index (χ1v) is 8.79. The zero-order valence-electron chi connectivity index (χ0n) is 12.0. The zero-order chi connectivity index (χ0) is 14.6. The summed E-state index contributed by atoms with van der Waals surface area (Å²) < 4.78 is 24.4. The number of hydrogen-bond acceptors (Lipinski definition) is 4. The van der Waals surface area contributed by atoms with Crippen molar-refractivity contribution in [3.05, 3.63) is 29.8 Å². The summed E-state index contributed by atoms with van der Waals surface area (Å²) in [5, 5.41) is 9.09. The van der Waals surface area contributed by atoms with Crippen LogP contribution in [0, 0.1) is 12.8 Å². The molecule has 0 radical (unpaired) electrons. The van der Waals surface area contributed by atoms with E-state index in [4.69, 9.17) is 5.11 Å². The number of rotatable bonds is 6. The molecule has 4 nitrogen and oxygen atoms in total. The molecule has 5 heteroatoms. The van der Waals surface area contributed by atoms with Crippen molar-refractivity contribution in [3.63, 3.8) is 0 Å². The van der Waals surface area contributed by atoms with Gasteiger partial charge in [-0.3, -0.25) is 0 Å². The van der Waals surface area contributed by atoms with Gasteiger partial charge in [0.15, 0.2) is 9.84 Å². The largest absolute Gasteiger partial charge is 0.396 e. The Morgan fingerprint density at radius 1 is 1.30 bits per heavy atom. The van der Waals surface area contributed by atoms with E-state index >= 15 is 0 Å². The Balaban J connectivity index is 1.82. The van der Waals surface area contributed by atoms with Crippen LogP contribution in [0.2, 0.25) is 0 Å². The Labute approximate surface area is 121 Å². The number of aliphatic hydroxyl groups excluding tert-OH is 1. The molecule has 0 aliphatic carbocycles. The van der Waals surface area contributed by atoms with Gasteiger partial charge in [-0.1, -0.05) is 17.7 Å². The van der Waals surface area contributed by atoms with Gasteiger partial charge < -0.3 is 10.0 Å². The first-order chi connectivity index (χ1) is 9.51. The van der Waals surface area contributed by atoms with Crippen LogP contribution >= 0.6 is 0 Å². The molecule has 1 aromatic carbocycles. The van der Waals surface area contributed by atoms with Crippen molar-refractivity contribution in [2.45, 2.75) is 24.7 Å². The molecule has 2 rings (SSSR count). The van der Waals surface area contributed by atoms with Crippen LogP contribution in [0.3, 0.4) is 0 Å². The van der Waals surface area contributed by atoms with Gasteiger partial charge in [0.25, 0.3) is 0 Å². The third kappa shape index (κ3) is 4.04. The van der Waals surface area contributed by atoms with Gasteiger partial charge in [0, 0.05) is 13.2 Å². The predicted molar refractivity (Wildman–Crippen MR) is 79.5 cm³/mol. The Bertz CT molecular complexity index is 525. The van der Waals surface area contributed by atoms with E-state index in [-0.39, 0.29) is 12.4 Å². The molecule has 1 saturated heterocycles. The average molecular weight is 297 g/mol. The summed E-state index contributed by atoms with van der Waals surface area (Å²) in [6.45, 7) is 4.83. The first-order valence-electron chi connectivity index (χ1n) is 7.14. The molecule has 0 spiro atoms. The third-order valence-electron chi connectivity index (χ3n) is 3.90. The molecular formula is C15H23NO3S. The minimum Gasteiger partial charge on any atom is -0.396 e. The van der Waals surface area contributed by atoms with Crippen LogP contribution in [0.25, 0.3) is 0 Å². The van der Waals surface area contributed by atoms with Crippen molar-refractivity contribution in [2.75, 3.05) is 32.0 Å². The van der Waals surface area contributed by atoms with Gasteiger partial charge in [0.05, 0.1) is 10.6 Å². The molecule has 0 amide bonds. The summed E-state index contributed by atoms with van der Waals surface area (Å²) in [5.41, 5.74) is 1.07. The summed E-state index contributed by atoms with van der Waals surface area (Å²) in [4.78, 5) is 2.66. The highest BCUT2D eigenvalue weighted by molar-refractivity contribution is 7.91. The number of likely N-dealkylation sites (tertiary alicyclic amines) is 1. The van der Waals surface area contributed by atoms with E-state index in [1.807, 2.05) is 19.1 Å². The molecule has 1 unspecified atom stereocenters. The lowest BCUT2D eigenvalue weighted by Gasteiger charge is -2.15. The highest BCUT2D eigenvalue weighted by Gasteiger charge is 2.22. The lowest BCUT2D eigenvalue weighted by molar-refractivity contribution is 0.222. The van der Waals surface area contributed by atoms with Crippen LogP contribution in [-0.4, -0.2) is 50.4 Å². The van der Waals surface area contributed by atoms with Crippen LogP contribution in [0.4, 0.5) is 0 Å². The van der Waals surface area contributed by atoms with E-state index in [1.165, 1.54) is 0 Å². The topological polar surface area (TPSA) is 57.6 Å². The van der Waals surface area contributed by atoms with Gasteiger partial charge in [0.2, 0.25) is 0 Å².